The highest BCUT2D eigenvalue weighted by Crippen LogP contribution is 2.47. The number of aliphatic imine (C=N–C) groups is 1. The van der Waals surface area contributed by atoms with Crippen LogP contribution in [-0.2, 0) is 0 Å². The Kier molecular flexibility index (Phi) is 5.64. The number of phenols is 1. The fourth-order valence-corrected chi connectivity index (χ4v) is 6.52. The van der Waals surface area contributed by atoms with Gasteiger partial charge in [-0.25, -0.2) is 4.99 Å². The van der Waals surface area contributed by atoms with Gasteiger partial charge in [-0.1, -0.05) is 23.7 Å². The second-order valence-electron chi connectivity index (χ2n) is 7.90. The molecular weight excluding hydrogens is 538 g/mol. The van der Waals surface area contributed by atoms with Gasteiger partial charge < -0.3 is 5.11 Å². The van der Waals surface area contributed by atoms with Crippen LogP contribution >= 0.6 is 46.9 Å². The first-order chi connectivity index (χ1) is 17.4. The number of anilines is 1. The number of halogens is 1. The largest absolute Gasteiger partial charge is 0.508 e. The number of benzene rings is 3. The van der Waals surface area contributed by atoms with Gasteiger partial charge in [0.2, 0.25) is 0 Å². The molecule has 3 aromatic carbocycles. The SMILES string of the molecule is O=[N+]([O-])c1ccc(C2=NN3C(=NC(c4ccc(O)cc4)c4sc(=S)n(-c5ccc(Cl)cc5)c43)S2)cc1. The van der Waals surface area contributed by atoms with Crippen LogP contribution in [0.5, 0.6) is 5.75 Å². The molecule has 8 nitrogen and oxygen atoms in total. The molecule has 12 heteroatoms. The first-order valence-corrected chi connectivity index (χ1v) is 13.0. The summed E-state index contributed by atoms with van der Waals surface area (Å²) in [5.74, 6) is 0.953. The molecule has 2 aliphatic rings. The van der Waals surface area contributed by atoms with Gasteiger partial charge in [-0.15, -0.1) is 11.3 Å². The number of aromatic hydroxyl groups is 1. The van der Waals surface area contributed by atoms with Crippen molar-refractivity contribution >= 4 is 68.6 Å². The molecule has 2 aliphatic heterocycles. The average Bonchev–Trinajstić information content (AvgIpc) is 3.45. The monoisotopic (exact) mass is 551 g/mol. The lowest BCUT2D eigenvalue weighted by Gasteiger charge is -2.26. The molecule has 178 valence electrons. The van der Waals surface area contributed by atoms with Crippen LogP contribution in [0.25, 0.3) is 5.69 Å². The standard InChI is InChI=1S/C24H14ClN5O3S3/c25-15-5-9-16(10-6-15)28-22-20(35-24(28)34)19(13-3-11-18(31)12-4-13)26-23-29(22)27-21(36-23)14-1-7-17(8-2-14)30(32)33/h1-12,19,31H. The molecule has 3 heterocycles. The van der Waals surface area contributed by atoms with E-state index in [0.29, 0.717) is 19.2 Å². The summed E-state index contributed by atoms with van der Waals surface area (Å²) < 4.78 is 2.59. The van der Waals surface area contributed by atoms with Crippen molar-refractivity contribution in [3.05, 3.63) is 108 Å². The van der Waals surface area contributed by atoms with Crippen LogP contribution in [0.1, 0.15) is 22.0 Å². The van der Waals surface area contributed by atoms with Crippen LogP contribution in [-0.4, -0.2) is 24.8 Å². The topological polar surface area (TPSA) is 96.3 Å². The Morgan fingerprint density at radius 3 is 2.39 bits per heavy atom. The zero-order chi connectivity index (χ0) is 25.0. The number of nitrogens with zero attached hydrogens (tertiary/aromatic N) is 5. The Morgan fingerprint density at radius 2 is 1.72 bits per heavy atom. The molecule has 6 rings (SSSR count). The average molecular weight is 552 g/mol. The quantitative estimate of drug-likeness (QED) is 0.168. The Morgan fingerprint density at radius 1 is 1.03 bits per heavy atom. The van der Waals surface area contributed by atoms with Gasteiger partial charge in [-0.2, -0.15) is 10.1 Å². The summed E-state index contributed by atoms with van der Waals surface area (Å²) >= 11 is 14.8. The first-order valence-electron chi connectivity index (χ1n) is 10.6. The summed E-state index contributed by atoms with van der Waals surface area (Å²) in [6.45, 7) is 0. The van der Waals surface area contributed by atoms with Gasteiger partial charge in [-0.3, -0.25) is 14.7 Å². The van der Waals surface area contributed by atoms with E-state index in [1.165, 1.54) is 35.2 Å². The van der Waals surface area contributed by atoms with E-state index in [1.54, 1.807) is 29.3 Å². The predicted octanol–water partition coefficient (Wildman–Crippen LogP) is 6.91. The molecular formula is C24H14ClN5O3S3. The highest BCUT2D eigenvalue weighted by Gasteiger charge is 2.38. The summed E-state index contributed by atoms with van der Waals surface area (Å²) in [7, 11) is 0. The van der Waals surface area contributed by atoms with E-state index in [0.717, 1.165) is 27.5 Å². The fraction of sp³-hybridized carbons (Fsp3) is 0.0417. The summed E-state index contributed by atoms with van der Waals surface area (Å²) in [4.78, 5) is 16.6. The van der Waals surface area contributed by atoms with Gasteiger partial charge >= 0.3 is 0 Å². The summed E-state index contributed by atoms with van der Waals surface area (Å²) in [6, 6.07) is 20.3. The Balaban J connectivity index is 1.52. The lowest BCUT2D eigenvalue weighted by atomic mass is 10.0. The number of aromatic nitrogens is 1. The number of rotatable bonds is 4. The molecule has 0 radical (unpaired) electrons. The van der Waals surface area contributed by atoms with Crippen LogP contribution < -0.4 is 5.01 Å². The molecule has 1 unspecified atom stereocenters. The van der Waals surface area contributed by atoms with E-state index in [9.17, 15) is 15.2 Å². The second-order valence-corrected chi connectivity index (χ2v) is 11.0. The molecule has 36 heavy (non-hydrogen) atoms. The molecule has 0 spiro atoms. The molecule has 4 aromatic rings. The Labute approximate surface area is 223 Å². The molecule has 0 saturated heterocycles. The van der Waals surface area contributed by atoms with Crippen LogP contribution in [0.4, 0.5) is 11.5 Å². The van der Waals surface area contributed by atoms with Crippen LogP contribution in [0.2, 0.25) is 5.02 Å². The maximum atomic E-state index is 11.1. The van der Waals surface area contributed by atoms with E-state index >= 15 is 0 Å². The number of nitro benzene ring substituents is 1. The molecule has 0 bridgehead atoms. The summed E-state index contributed by atoms with van der Waals surface area (Å²) in [5, 5.41) is 29.4. The molecule has 1 N–H and O–H groups in total. The molecule has 0 saturated carbocycles. The smallest absolute Gasteiger partial charge is 0.269 e. The number of thiazole rings is 1. The van der Waals surface area contributed by atoms with E-state index in [1.807, 2.05) is 41.0 Å². The van der Waals surface area contributed by atoms with E-state index in [2.05, 4.69) is 0 Å². The minimum atomic E-state index is -0.430. The maximum Gasteiger partial charge on any atom is 0.269 e. The van der Waals surface area contributed by atoms with Gasteiger partial charge in [-0.05, 0) is 78.1 Å². The number of amidine groups is 1. The molecule has 1 atom stereocenters. The number of nitro groups is 1. The zero-order valence-corrected chi connectivity index (χ0v) is 21.3. The third-order valence-corrected chi connectivity index (χ3v) is 8.32. The van der Waals surface area contributed by atoms with Gasteiger partial charge in [0.25, 0.3) is 5.69 Å². The summed E-state index contributed by atoms with van der Waals surface area (Å²) in [5.41, 5.74) is 2.51. The lowest BCUT2D eigenvalue weighted by molar-refractivity contribution is -0.384. The van der Waals surface area contributed by atoms with Gasteiger partial charge in [0.1, 0.15) is 16.8 Å². The number of hydrazone groups is 1. The van der Waals surface area contributed by atoms with E-state index in [-0.39, 0.29) is 17.5 Å². The number of fused-ring (bicyclic) bond motifs is 3. The highest BCUT2D eigenvalue weighted by molar-refractivity contribution is 8.27. The second kappa shape index (κ2) is 8.86. The van der Waals surface area contributed by atoms with Gasteiger partial charge in [0, 0.05) is 28.4 Å². The third-order valence-electron chi connectivity index (χ3n) is 5.68. The number of phenolic OH excluding ortho intramolecular Hbond substituents is 1. The number of hydrogen-bond donors (Lipinski definition) is 1. The Hall–Kier alpha value is -3.51. The van der Waals surface area contributed by atoms with Crippen molar-refractivity contribution in [1.82, 2.24) is 4.57 Å². The minimum absolute atomic E-state index is 0.0151. The number of non-ortho nitro benzene ring substituents is 1. The lowest BCUT2D eigenvalue weighted by Crippen LogP contribution is -2.27. The van der Waals surface area contributed by atoms with Crippen molar-refractivity contribution in [2.75, 3.05) is 5.01 Å². The fourth-order valence-electron chi connectivity index (χ4n) is 3.97. The number of thioether (sulfide) groups is 1. The first kappa shape index (κ1) is 22.9. The van der Waals surface area contributed by atoms with Crippen molar-refractivity contribution in [1.29, 1.82) is 0 Å². The Bertz CT molecular complexity index is 1630. The summed E-state index contributed by atoms with van der Waals surface area (Å²) in [6.07, 6.45) is 0. The van der Waals surface area contributed by atoms with E-state index in [4.69, 9.17) is 33.9 Å². The van der Waals surface area contributed by atoms with E-state index < -0.39 is 4.92 Å². The van der Waals surface area contributed by atoms with Crippen molar-refractivity contribution < 1.29 is 10.0 Å². The molecule has 0 amide bonds. The van der Waals surface area contributed by atoms with Crippen molar-refractivity contribution in [2.45, 2.75) is 6.04 Å². The maximum absolute atomic E-state index is 11.1. The predicted molar refractivity (Wildman–Crippen MR) is 147 cm³/mol. The minimum Gasteiger partial charge on any atom is -0.508 e. The molecule has 0 fully saturated rings. The molecule has 1 aromatic heterocycles. The van der Waals surface area contributed by atoms with Crippen LogP contribution in [0.3, 0.4) is 0 Å². The van der Waals surface area contributed by atoms with Gasteiger partial charge in [0.05, 0.1) is 9.80 Å². The molecule has 0 aliphatic carbocycles. The van der Waals surface area contributed by atoms with Crippen molar-refractivity contribution in [2.24, 2.45) is 10.1 Å². The van der Waals surface area contributed by atoms with Crippen LogP contribution in [0.15, 0.2) is 82.9 Å². The normalized spacial score (nSPS) is 16.2. The number of hydrogen-bond acceptors (Lipinski definition) is 9. The van der Waals surface area contributed by atoms with Crippen LogP contribution in [0, 0.1) is 14.1 Å². The van der Waals surface area contributed by atoms with Gasteiger partial charge in [0.15, 0.2) is 14.9 Å². The highest BCUT2D eigenvalue weighted by atomic mass is 35.5. The van der Waals surface area contributed by atoms with Crippen molar-refractivity contribution in [3.63, 3.8) is 0 Å². The third kappa shape index (κ3) is 3.90. The van der Waals surface area contributed by atoms with Crippen molar-refractivity contribution in [3.8, 4) is 11.4 Å². The zero-order valence-electron chi connectivity index (χ0n) is 18.1.